The van der Waals surface area contributed by atoms with Crippen LogP contribution in [-0.2, 0) is 10.0 Å². The molecule has 43 heavy (non-hydrogen) atoms. The number of amides is 1. The summed E-state index contributed by atoms with van der Waals surface area (Å²) in [5.41, 5.74) is 9.74. The molecule has 0 aliphatic carbocycles. The van der Waals surface area contributed by atoms with Gasteiger partial charge < -0.3 is 11.1 Å². The van der Waals surface area contributed by atoms with Crippen molar-refractivity contribution in [3.8, 4) is 0 Å². The van der Waals surface area contributed by atoms with Gasteiger partial charge >= 0.3 is 0 Å². The quantitative estimate of drug-likeness (QED) is 0.170. The minimum absolute atomic E-state index is 0.0437. The van der Waals surface area contributed by atoms with E-state index in [4.69, 9.17) is 28.9 Å². The second-order valence-electron chi connectivity index (χ2n) is 10.6. The molecule has 11 heteroatoms. The normalized spacial score (nSPS) is 14.8. The van der Waals surface area contributed by atoms with Gasteiger partial charge in [-0.25, -0.2) is 8.42 Å². The predicted molar refractivity (Wildman–Crippen MR) is 170 cm³/mol. The molecule has 0 bridgehead atoms. The fourth-order valence-corrected chi connectivity index (χ4v) is 7.30. The highest BCUT2D eigenvalue weighted by atomic mass is 35.5. The van der Waals surface area contributed by atoms with Crippen LogP contribution in [0.25, 0.3) is 10.9 Å². The number of hydrogen-bond acceptors (Lipinski definition) is 5. The molecule has 220 valence electrons. The van der Waals surface area contributed by atoms with E-state index >= 15 is 0 Å². The van der Waals surface area contributed by atoms with Crippen LogP contribution in [0.5, 0.6) is 0 Å². The molecule has 6 rings (SSSR count). The Bertz CT molecular complexity index is 1820. The fraction of sp³-hybridized carbons (Fsp3) is 0.188. The van der Waals surface area contributed by atoms with Crippen molar-refractivity contribution in [2.24, 2.45) is 5.73 Å². The van der Waals surface area contributed by atoms with Gasteiger partial charge in [0.1, 0.15) is 0 Å². The van der Waals surface area contributed by atoms with E-state index < -0.39 is 15.9 Å². The van der Waals surface area contributed by atoms with Crippen molar-refractivity contribution >= 4 is 55.9 Å². The smallest absolute Gasteiger partial charge is 0.248 e. The van der Waals surface area contributed by atoms with Gasteiger partial charge in [0.25, 0.3) is 0 Å². The van der Waals surface area contributed by atoms with Gasteiger partial charge in [-0.3, -0.25) is 9.89 Å². The van der Waals surface area contributed by atoms with Crippen molar-refractivity contribution in [1.29, 1.82) is 0 Å². The van der Waals surface area contributed by atoms with Crippen LogP contribution in [0.15, 0.2) is 95.9 Å². The van der Waals surface area contributed by atoms with Gasteiger partial charge in [0, 0.05) is 46.0 Å². The molecule has 0 saturated carbocycles. The van der Waals surface area contributed by atoms with Crippen molar-refractivity contribution in [3.63, 3.8) is 0 Å². The number of primary amides is 1. The molecule has 2 heterocycles. The number of carbonyl (C=O) groups is 1. The Kier molecular flexibility index (Phi) is 8.15. The maximum atomic E-state index is 13.2. The molecular weight excluding hydrogens is 605 g/mol. The summed E-state index contributed by atoms with van der Waals surface area (Å²) in [4.78, 5) is 11.5. The van der Waals surface area contributed by atoms with Gasteiger partial charge in [0.05, 0.1) is 10.4 Å². The SMILES string of the molecule is NC(=O)c1ccc(S(=O)(=O)N2CCC(Nc3n[nH]c4ccc(C(c5ccc(Cl)cc5)c5ccc(Cl)cc5)cc34)CC2)cc1. The van der Waals surface area contributed by atoms with Crippen molar-refractivity contribution in [3.05, 3.63) is 123 Å². The number of nitrogens with one attached hydrogen (secondary N) is 2. The first-order valence-electron chi connectivity index (χ1n) is 13.8. The Morgan fingerprint density at radius 1 is 0.860 bits per heavy atom. The lowest BCUT2D eigenvalue weighted by molar-refractivity contribution is 0.1000. The molecule has 1 aromatic heterocycles. The molecule has 1 aliphatic heterocycles. The van der Waals surface area contributed by atoms with E-state index in [1.165, 1.54) is 28.6 Å². The Morgan fingerprint density at radius 3 is 1.98 bits per heavy atom. The number of fused-ring (bicyclic) bond motifs is 1. The molecule has 4 aromatic carbocycles. The van der Waals surface area contributed by atoms with E-state index in [2.05, 4.69) is 27.6 Å². The minimum atomic E-state index is -3.68. The zero-order valence-electron chi connectivity index (χ0n) is 23.0. The Balaban J connectivity index is 1.21. The maximum absolute atomic E-state index is 13.2. The maximum Gasteiger partial charge on any atom is 0.248 e. The summed E-state index contributed by atoms with van der Waals surface area (Å²) < 4.78 is 27.9. The number of nitrogens with two attached hydrogens (primary N) is 1. The molecule has 1 aliphatic rings. The average molecular weight is 635 g/mol. The van der Waals surface area contributed by atoms with Crippen LogP contribution in [0, 0.1) is 0 Å². The second-order valence-corrected chi connectivity index (χ2v) is 13.4. The Hall–Kier alpha value is -3.89. The fourth-order valence-electron chi connectivity index (χ4n) is 5.58. The summed E-state index contributed by atoms with van der Waals surface area (Å²) in [5.74, 6) is 0.0812. The molecule has 4 N–H and O–H groups in total. The number of anilines is 1. The van der Waals surface area contributed by atoms with Crippen LogP contribution in [0.2, 0.25) is 10.0 Å². The Labute approximate surface area is 259 Å². The van der Waals surface area contributed by atoms with Crippen LogP contribution in [0.1, 0.15) is 45.8 Å². The first-order chi connectivity index (χ1) is 20.7. The Morgan fingerprint density at radius 2 is 1.42 bits per heavy atom. The van der Waals surface area contributed by atoms with Crippen molar-refractivity contribution in [1.82, 2.24) is 14.5 Å². The molecule has 1 amide bonds. The molecule has 1 fully saturated rings. The van der Waals surface area contributed by atoms with Gasteiger partial charge in [0.15, 0.2) is 5.82 Å². The highest BCUT2D eigenvalue weighted by Crippen LogP contribution is 2.36. The van der Waals surface area contributed by atoms with Crippen LogP contribution in [-0.4, -0.2) is 48.0 Å². The highest BCUT2D eigenvalue weighted by Gasteiger charge is 2.30. The molecule has 5 aromatic rings. The van der Waals surface area contributed by atoms with Gasteiger partial charge in [-0.1, -0.05) is 53.5 Å². The van der Waals surface area contributed by atoms with E-state index in [0.29, 0.717) is 36.0 Å². The predicted octanol–water partition coefficient (Wildman–Crippen LogP) is 6.41. The van der Waals surface area contributed by atoms with E-state index in [1.54, 1.807) is 0 Å². The molecule has 0 spiro atoms. The summed E-state index contributed by atoms with van der Waals surface area (Å²) in [6.07, 6.45) is 1.23. The molecule has 1 saturated heterocycles. The summed E-state index contributed by atoms with van der Waals surface area (Å²) in [6.45, 7) is 0.723. The summed E-state index contributed by atoms with van der Waals surface area (Å²) >= 11 is 12.4. The largest absolute Gasteiger partial charge is 0.366 e. The van der Waals surface area contributed by atoms with Crippen molar-refractivity contribution < 1.29 is 13.2 Å². The van der Waals surface area contributed by atoms with Crippen LogP contribution in [0.4, 0.5) is 5.82 Å². The lowest BCUT2D eigenvalue weighted by atomic mass is 9.85. The number of piperidine rings is 1. The summed E-state index contributed by atoms with van der Waals surface area (Å²) in [6, 6.07) is 27.8. The zero-order chi connectivity index (χ0) is 30.1. The number of H-pyrrole nitrogens is 1. The molecular formula is C32H29Cl2N5O3S. The van der Waals surface area contributed by atoms with Crippen molar-refractivity contribution in [2.45, 2.75) is 29.7 Å². The number of benzene rings is 4. The number of aromatic amines is 1. The highest BCUT2D eigenvalue weighted by molar-refractivity contribution is 7.89. The average Bonchev–Trinajstić information content (AvgIpc) is 3.41. The van der Waals surface area contributed by atoms with E-state index in [-0.39, 0.29) is 22.4 Å². The summed E-state index contributed by atoms with van der Waals surface area (Å²) in [5, 5.41) is 13.5. The number of rotatable bonds is 8. The standard InChI is InChI=1S/C32H29Cl2N5O3S/c33-24-8-1-20(2-9-24)30(21-3-10-25(34)11-4-21)23-7-14-29-28(19-23)32(38-37-29)36-26-15-17-39(18-16-26)43(41,42)27-12-5-22(6-13-27)31(35)40/h1-14,19,26,30H,15-18H2,(H2,35,40)(H2,36,37,38). The molecule has 8 nitrogen and oxygen atoms in total. The molecule has 0 radical (unpaired) electrons. The number of hydrogen-bond donors (Lipinski definition) is 3. The van der Waals surface area contributed by atoms with Crippen molar-refractivity contribution in [2.75, 3.05) is 18.4 Å². The minimum Gasteiger partial charge on any atom is -0.366 e. The zero-order valence-corrected chi connectivity index (χ0v) is 25.3. The summed E-state index contributed by atoms with van der Waals surface area (Å²) in [7, 11) is -3.68. The number of halogens is 2. The number of sulfonamides is 1. The number of nitrogens with zero attached hydrogens (tertiary/aromatic N) is 2. The topological polar surface area (TPSA) is 121 Å². The first kappa shape index (κ1) is 29.2. The van der Waals surface area contributed by atoms with Gasteiger partial charge in [0.2, 0.25) is 15.9 Å². The molecule has 0 unspecified atom stereocenters. The third kappa shape index (κ3) is 6.12. The molecule has 0 atom stereocenters. The third-order valence-electron chi connectivity index (χ3n) is 7.90. The lowest BCUT2D eigenvalue weighted by Crippen LogP contribution is -2.42. The second kappa shape index (κ2) is 12.0. The van der Waals surface area contributed by atoms with Crippen LogP contribution >= 0.6 is 23.2 Å². The van der Waals surface area contributed by atoms with Crippen LogP contribution in [0.3, 0.4) is 0 Å². The lowest BCUT2D eigenvalue weighted by Gasteiger charge is -2.31. The van der Waals surface area contributed by atoms with Crippen LogP contribution < -0.4 is 11.1 Å². The number of aromatic nitrogens is 2. The van der Waals surface area contributed by atoms with E-state index in [0.717, 1.165) is 33.4 Å². The van der Waals surface area contributed by atoms with E-state index in [1.807, 2.05) is 54.6 Å². The van der Waals surface area contributed by atoms with Gasteiger partial charge in [-0.15, -0.1) is 0 Å². The first-order valence-corrected chi connectivity index (χ1v) is 16.0. The monoisotopic (exact) mass is 633 g/mol. The third-order valence-corrected chi connectivity index (χ3v) is 10.3. The van der Waals surface area contributed by atoms with Gasteiger partial charge in [-0.2, -0.15) is 9.40 Å². The van der Waals surface area contributed by atoms with Gasteiger partial charge in [-0.05, 0) is 90.2 Å². The number of carbonyl (C=O) groups excluding carboxylic acids is 1. The van der Waals surface area contributed by atoms with E-state index in [9.17, 15) is 13.2 Å².